The van der Waals surface area contributed by atoms with Crippen molar-refractivity contribution in [1.82, 2.24) is 25.2 Å². The number of ether oxygens (including phenoxy) is 2. The second kappa shape index (κ2) is 11.0. The molecule has 2 saturated carbocycles. The van der Waals surface area contributed by atoms with E-state index in [1.165, 1.54) is 4.52 Å². The Labute approximate surface area is 241 Å². The summed E-state index contributed by atoms with van der Waals surface area (Å²) < 4.78 is 40.6. The van der Waals surface area contributed by atoms with Crippen LogP contribution in [0, 0.1) is 23.2 Å². The molecule has 3 fully saturated rings. The predicted octanol–water partition coefficient (Wildman–Crippen LogP) is 3.99. The van der Waals surface area contributed by atoms with Crippen LogP contribution >= 0.6 is 0 Å². The van der Waals surface area contributed by atoms with E-state index in [2.05, 4.69) is 15.7 Å². The molecule has 0 bridgehead atoms. The monoisotopic (exact) mass is 581 g/mol. The number of imidazole rings is 1. The lowest BCUT2D eigenvalue weighted by molar-refractivity contribution is -0.172. The molecular formula is C30H33F2N5O5. The molecule has 0 spiro atoms. The Kier molecular flexibility index (Phi) is 7.32. The summed E-state index contributed by atoms with van der Waals surface area (Å²) in [5, 5.41) is 9.75. The van der Waals surface area contributed by atoms with E-state index in [4.69, 9.17) is 14.5 Å². The minimum absolute atomic E-state index is 0.140. The van der Waals surface area contributed by atoms with Crippen LogP contribution in [0.15, 0.2) is 48.7 Å². The Hall–Kier alpha value is -4.09. The summed E-state index contributed by atoms with van der Waals surface area (Å²) in [6, 6.07) is 12.2. The first kappa shape index (κ1) is 28.0. The van der Waals surface area contributed by atoms with Crippen LogP contribution in [0.5, 0.6) is 0 Å². The van der Waals surface area contributed by atoms with Crippen LogP contribution < -0.4 is 10.6 Å². The molecule has 222 valence electrons. The zero-order chi connectivity index (χ0) is 29.5. The highest BCUT2D eigenvalue weighted by atomic mass is 19.3. The molecule has 3 heterocycles. The molecule has 0 radical (unpaired) electrons. The van der Waals surface area contributed by atoms with Gasteiger partial charge in [0.1, 0.15) is 6.61 Å². The molecule has 2 N–H and O–H groups in total. The molecule has 1 aliphatic heterocycles. The third-order valence-electron chi connectivity index (χ3n) is 8.48. The third kappa shape index (κ3) is 5.79. The number of carbonyl (C=O) groups is 3. The van der Waals surface area contributed by atoms with Crippen LogP contribution in [0.25, 0.3) is 5.65 Å². The van der Waals surface area contributed by atoms with Crippen LogP contribution in [-0.4, -0.2) is 52.1 Å². The molecule has 6 rings (SSSR count). The van der Waals surface area contributed by atoms with Crippen molar-refractivity contribution in [1.29, 1.82) is 0 Å². The summed E-state index contributed by atoms with van der Waals surface area (Å²) in [6.45, 7) is -0.700. The topological polar surface area (TPSA) is 124 Å². The molecule has 12 heteroatoms. The summed E-state index contributed by atoms with van der Waals surface area (Å²) in [7, 11) is 1.07. The highest BCUT2D eigenvalue weighted by Crippen LogP contribution is 2.54. The van der Waals surface area contributed by atoms with Gasteiger partial charge in [0.15, 0.2) is 11.1 Å². The normalized spacial score (nSPS) is 22.4. The van der Waals surface area contributed by atoms with Gasteiger partial charge in [-0.1, -0.05) is 30.3 Å². The third-order valence-corrected chi connectivity index (χ3v) is 8.48. The Morgan fingerprint density at radius 2 is 1.83 bits per heavy atom. The number of fused-ring (bicyclic) bond motifs is 1. The molecule has 2 amide bonds. The van der Waals surface area contributed by atoms with E-state index in [0.29, 0.717) is 23.2 Å². The Morgan fingerprint density at radius 1 is 1.12 bits per heavy atom. The number of halogens is 2. The Bertz CT molecular complexity index is 1470. The molecule has 10 nitrogen and oxygen atoms in total. The first-order chi connectivity index (χ1) is 20.2. The van der Waals surface area contributed by atoms with Crippen molar-refractivity contribution in [2.75, 3.05) is 13.7 Å². The van der Waals surface area contributed by atoms with Crippen LogP contribution in [0.2, 0.25) is 0 Å². The first-order valence-electron chi connectivity index (χ1n) is 14.2. The maximum atomic E-state index is 14.4. The number of carbonyl (C=O) groups excluding carboxylic acids is 3. The van der Waals surface area contributed by atoms with E-state index in [0.717, 1.165) is 38.4 Å². The second-order valence-corrected chi connectivity index (χ2v) is 11.7. The molecule has 3 aliphatic rings. The average molecular weight is 582 g/mol. The van der Waals surface area contributed by atoms with E-state index in [9.17, 15) is 23.2 Å². The van der Waals surface area contributed by atoms with E-state index in [1.54, 1.807) is 18.3 Å². The van der Waals surface area contributed by atoms with Gasteiger partial charge in [-0.3, -0.25) is 9.59 Å². The molecule has 42 heavy (non-hydrogen) atoms. The fourth-order valence-electron chi connectivity index (χ4n) is 6.18. The summed E-state index contributed by atoms with van der Waals surface area (Å²) in [6.07, 6.45) is 4.20. The maximum Gasteiger partial charge on any atom is 0.408 e. The molecule has 2 aliphatic carbocycles. The van der Waals surface area contributed by atoms with Crippen molar-refractivity contribution < 1.29 is 32.6 Å². The number of hydrogen-bond donors (Lipinski definition) is 2. The van der Waals surface area contributed by atoms with Crippen molar-refractivity contribution in [3.05, 3.63) is 65.6 Å². The van der Waals surface area contributed by atoms with E-state index >= 15 is 0 Å². The van der Waals surface area contributed by atoms with Crippen molar-refractivity contribution in [2.45, 2.75) is 57.1 Å². The lowest BCUT2D eigenvalue weighted by Crippen LogP contribution is -2.59. The number of benzene rings is 1. The number of aromatic nitrogens is 3. The number of nitrogens with one attached hydrogen (secondary N) is 2. The number of piperidine rings is 1. The minimum atomic E-state index is -3.27. The second-order valence-electron chi connectivity index (χ2n) is 11.7. The maximum absolute atomic E-state index is 14.4. The Balaban J connectivity index is 1.27. The summed E-state index contributed by atoms with van der Waals surface area (Å²) in [4.78, 5) is 43.2. The lowest BCUT2D eigenvalue weighted by atomic mass is 9.74. The number of amides is 2. The van der Waals surface area contributed by atoms with Crippen molar-refractivity contribution in [3.63, 3.8) is 0 Å². The van der Waals surface area contributed by atoms with Gasteiger partial charge in [-0.25, -0.2) is 23.1 Å². The molecule has 2 aromatic heterocycles. The number of alkyl halides is 2. The van der Waals surface area contributed by atoms with Gasteiger partial charge >= 0.3 is 12.1 Å². The van der Waals surface area contributed by atoms with E-state index in [-0.39, 0.29) is 24.6 Å². The number of rotatable bonds is 10. The van der Waals surface area contributed by atoms with Crippen LogP contribution in [0.1, 0.15) is 55.1 Å². The van der Waals surface area contributed by atoms with Gasteiger partial charge in [0.25, 0.3) is 5.92 Å². The quantitative estimate of drug-likeness (QED) is 0.274. The number of alkyl carbamates (subject to hydrolysis) is 1. The summed E-state index contributed by atoms with van der Waals surface area (Å²) in [5.74, 6) is -3.96. The van der Waals surface area contributed by atoms with Gasteiger partial charge in [-0.05, 0) is 61.1 Å². The predicted molar refractivity (Wildman–Crippen MR) is 145 cm³/mol. The van der Waals surface area contributed by atoms with Crippen LogP contribution in [-0.2, 0) is 32.1 Å². The van der Waals surface area contributed by atoms with Crippen molar-refractivity contribution in [2.24, 2.45) is 23.2 Å². The number of hydrogen-bond acceptors (Lipinski definition) is 7. The number of nitrogens with zero attached hydrogens (tertiary/aromatic N) is 3. The van der Waals surface area contributed by atoms with Gasteiger partial charge in [0.2, 0.25) is 5.91 Å². The van der Waals surface area contributed by atoms with Gasteiger partial charge in [0.05, 0.1) is 37.3 Å². The fourth-order valence-corrected chi connectivity index (χ4v) is 6.18. The highest BCUT2D eigenvalue weighted by molar-refractivity contribution is 6.03. The zero-order valence-electron chi connectivity index (χ0n) is 23.2. The van der Waals surface area contributed by atoms with Gasteiger partial charge in [-0.15, -0.1) is 0 Å². The molecule has 1 aromatic carbocycles. The SMILES string of the molecule is COC(=O)C1(Cc2ccc3nc([C@@H](NC(=O)OCc4ccccc4)C(C4CC4)C4CC4)cn3n2)CC(F)(F)CNC1=O. The Morgan fingerprint density at radius 3 is 2.50 bits per heavy atom. The molecule has 3 aromatic rings. The van der Waals surface area contributed by atoms with Crippen LogP contribution in [0.4, 0.5) is 13.6 Å². The summed E-state index contributed by atoms with van der Waals surface area (Å²) in [5.41, 5.74) is 0.107. The van der Waals surface area contributed by atoms with E-state index < -0.39 is 48.3 Å². The van der Waals surface area contributed by atoms with Gasteiger partial charge < -0.3 is 20.1 Å². The van der Waals surface area contributed by atoms with Crippen molar-refractivity contribution >= 4 is 23.6 Å². The molecule has 2 atom stereocenters. The smallest absolute Gasteiger partial charge is 0.408 e. The van der Waals surface area contributed by atoms with E-state index in [1.807, 2.05) is 30.3 Å². The number of esters is 1. The molecule has 1 unspecified atom stereocenters. The summed E-state index contributed by atoms with van der Waals surface area (Å²) >= 11 is 0. The number of methoxy groups -OCH3 is 1. The van der Waals surface area contributed by atoms with Gasteiger partial charge in [-0.2, -0.15) is 5.10 Å². The highest BCUT2D eigenvalue weighted by Gasteiger charge is 2.57. The molecule has 1 saturated heterocycles. The standard InChI is InChI=1S/C30H33F2N5O5/c1-41-27(39)29(16-30(31,32)17-33-26(29)38)13-21-11-12-23-34-22(14-37(23)36-21)25(24(19-7-8-19)20-9-10-20)35-28(40)42-15-18-5-3-2-4-6-18/h2-6,11-12,14,19-20,24-25H,7-10,13,15-17H2,1H3,(H,33,38)(H,35,40)/t25-,29?/m1/s1. The average Bonchev–Trinajstić information content (AvgIpc) is 3.92. The van der Waals surface area contributed by atoms with Crippen molar-refractivity contribution in [3.8, 4) is 0 Å². The lowest BCUT2D eigenvalue weighted by Gasteiger charge is -2.37. The largest absolute Gasteiger partial charge is 0.468 e. The minimum Gasteiger partial charge on any atom is -0.468 e. The van der Waals surface area contributed by atoms with Gasteiger partial charge in [0, 0.05) is 12.8 Å². The zero-order valence-corrected chi connectivity index (χ0v) is 23.2. The van der Waals surface area contributed by atoms with Crippen LogP contribution in [0.3, 0.4) is 0 Å². The molecular weight excluding hydrogens is 548 g/mol. The fraction of sp³-hybridized carbons (Fsp3) is 0.500. The first-order valence-corrected chi connectivity index (χ1v) is 14.2.